The van der Waals surface area contributed by atoms with E-state index in [0.29, 0.717) is 12.8 Å². The second-order valence-corrected chi connectivity index (χ2v) is 9.17. The molecule has 1 atom stereocenters. The lowest BCUT2D eigenvalue weighted by Gasteiger charge is -2.37. The van der Waals surface area contributed by atoms with E-state index in [1.54, 1.807) is 0 Å². The Hall–Kier alpha value is -1.30. The van der Waals surface area contributed by atoms with E-state index in [1.165, 1.54) is 12.0 Å². The highest BCUT2D eigenvalue weighted by Gasteiger charge is 2.36. The predicted molar refractivity (Wildman–Crippen MR) is 138 cm³/mol. The fourth-order valence-corrected chi connectivity index (χ4v) is 5.35. The normalized spacial score (nSPS) is 25.1. The van der Waals surface area contributed by atoms with Crippen LogP contribution in [0.25, 0.3) is 0 Å². The fraction of sp³-hybridized carbons (Fsp3) is 0.708. The van der Waals surface area contributed by atoms with Gasteiger partial charge >= 0.3 is 0 Å². The van der Waals surface area contributed by atoms with Gasteiger partial charge in [0.2, 0.25) is 6.79 Å². The van der Waals surface area contributed by atoms with Crippen LogP contribution >= 0.6 is 24.0 Å². The Morgan fingerprint density at radius 2 is 1.82 bits per heavy atom. The highest BCUT2D eigenvalue weighted by atomic mass is 127. The van der Waals surface area contributed by atoms with Gasteiger partial charge in [0.25, 0.3) is 0 Å². The average Bonchev–Trinajstić information content (AvgIpc) is 3.52. The van der Waals surface area contributed by atoms with Crippen molar-refractivity contribution in [3.63, 3.8) is 0 Å². The zero-order valence-electron chi connectivity index (χ0n) is 19.6. The van der Waals surface area contributed by atoms with E-state index in [0.717, 1.165) is 96.0 Å². The minimum absolute atomic E-state index is 0. The van der Waals surface area contributed by atoms with Crippen LogP contribution < -0.4 is 14.8 Å². The van der Waals surface area contributed by atoms with Crippen molar-refractivity contribution in [3.05, 3.63) is 23.8 Å². The Bertz CT molecular complexity index is 812. The molecule has 9 heteroatoms. The third kappa shape index (κ3) is 5.52. The van der Waals surface area contributed by atoms with Crippen molar-refractivity contribution < 1.29 is 18.9 Å². The summed E-state index contributed by atoms with van der Waals surface area (Å²) in [6, 6.07) is 6.97. The Morgan fingerprint density at radius 3 is 2.61 bits per heavy atom. The first-order valence-electron chi connectivity index (χ1n) is 12.1. The Balaban J connectivity index is 0.00000259. The van der Waals surface area contributed by atoms with Gasteiger partial charge in [0.15, 0.2) is 17.5 Å². The van der Waals surface area contributed by atoms with Crippen molar-refractivity contribution in [1.29, 1.82) is 0 Å². The van der Waals surface area contributed by atoms with Gasteiger partial charge in [-0.2, -0.15) is 0 Å². The molecular formula is C24H37IN4O4. The van der Waals surface area contributed by atoms with Crippen LogP contribution in [0.4, 0.5) is 0 Å². The monoisotopic (exact) mass is 572 g/mol. The van der Waals surface area contributed by atoms with Crippen LogP contribution in [0.15, 0.2) is 23.2 Å². The number of fused-ring (bicyclic) bond motifs is 1. The molecule has 4 aliphatic rings. The van der Waals surface area contributed by atoms with Crippen molar-refractivity contribution in [1.82, 2.24) is 15.1 Å². The number of hydrogen-bond donors (Lipinski definition) is 1. The SMILES string of the molecule is CCNC(=NCC1(c2ccc3c(c2)OCO3)CCOCC1)N1CCC(N2CCOCC2)C1.I. The van der Waals surface area contributed by atoms with E-state index < -0.39 is 0 Å². The molecule has 4 heterocycles. The lowest BCUT2D eigenvalue weighted by molar-refractivity contribution is 0.0194. The number of guanidine groups is 1. The number of rotatable bonds is 5. The van der Waals surface area contributed by atoms with Crippen LogP contribution in [0.1, 0.15) is 31.7 Å². The summed E-state index contributed by atoms with van der Waals surface area (Å²) < 4.78 is 22.5. The minimum Gasteiger partial charge on any atom is -0.454 e. The summed E-state index contributed by atoms with van der Waals surface area (Å²) in [5.74, 6) is 2.71. The lowest BCUT2D eigenvalue weighted by atomic mass is 9.74. The van der Waals surface area contributed by atoms with Crippen molar-refractivity contribution >= 4 is 29.9 Å². The first-order valence-corrected chi connectivity index (χ1v) is 12.1. The van der Waals surface area contributed by atoms with Gasteiger partial charge < -0.3 is 29.2 Å². The zero-order chi connectivity index (χ0) is 21.8. The van der Waals surface area contributed by atoms with Crippen LogP contribution in [0.3, 0.4) is 0 Å². The Kier molecular flexibility index (Phi) is 8.59. The first kappa shape index (κ1) is 24.8. The molecule has 4 aliphatic heterocycles. The number of hydrogen-bond acceptors (Lipinski definition) is 6. The number of likely N-dealkylation sites (tertiary alicyclic amines) is 1. The molecule has 0 aromatic heterocycles. The molecule has 0 spiro atoms. The zero-order valence-corrected chi connectivity index (χ0v) is 21.9. The molecule has 0 aliphatic carbocycles. The van der Waals surface area contributed by atoms with Gasteiger partial charge in [0.1, 0.15) is 0 Å². The molecule has 1 aromatic rings. The summed E-state index contributed by atoms with van der Waals surface area (Å²) >= 11 is 0. The van der Waals surface area contributed by atoms with Crippen molar-refractivity contribution in [2.45, 2.75) is 37.6 Å². The quantitative estimate of drug-likeness (QED) is 0.331. The second-order valence-electron chi connectivity index (χ2n) is 9.17. The molecule has 5 rings (SSSR count). The number of ether oxygens (including phenoxy) is 4. The van der Waals surface area contributed by atoms with E-state index in [9.17, 15) is 0 Å². The topological polar surface area (TPSA) is 67.8 Å². The van der Waals surface area contributed by atoms with Crippen LogP contribution in [-0.2, 0) is 14.9 Å². The van der Waals surface area contributed by atoms with Crippen LogP contribution in [0, 0.1) is 0 Å². The maximum absolute atomic E-state index is 5.73. The Labute approximate surface area is 214 Å². The molecule has 1 N–H and O–H groups in total. The molecule has 1 unspecified atom stereocenters. The third-order valence-corrected chi connectivity index (χ3v) is 7.33. The summed E-state index contributed by atoms with van der Waals surface area (Å²) in [6.45, 7) is 11.5. The first-order chi connectivity index (χ1) is 15.8. The van der Waals surface area contributed by atoms with Gasteiger partial charge in [-0.05, 0) is 43.9 Å². The fourth-order valence-electron chi connectivity index (χ4n) is 5.35. The van der Waals surface area contributed by atoms with E-state index in [1.807, 2.05) is 6.07 Å². The van der Waals surface area contributed by atoms with Gasteiger partial charge in [-0.3, -0.25) is 9.89 Å². The predicted octanol–water partition coefficient (Wildman–Crippen LogP) is 2.45. The Morgan fingerprint density at radius 1 is 1.06 bits per heavy atom. The minimum atomic E-state index is -0.0385. The molecule has 0 bridgehead atoms. The van der Waals surface area contributed by atoms with Crippen molar-refractivity contribution in [2.75, 3.05) is 72.5 Å². The molecule has 0 saturated carbocycles. The van der Waals surface area contributed by atoms with Gasteiger partial charge in [-0.1, -0.05) is 6.07 Å². The molecule has 3 fully saturated rings. The standard InChI is InChI=1S/C24H36N4O4.HI/c1-2-25-23(28-8-5-20(16-28)27-9-13-30-14-10-27)26-17-24(6-11-29-12-7-24)19-3-4-21-22(15-19)32-18-31-21;/h3-4,15,20H,2,5-14,16-18H2,1H3,(H,25,26);1H. The summed E-state index contributed by atoms with van der Waals surface area (Å²) in [5, 5.41) is 3.55. The second kappa shape index (κ2) is 11.4. The number of benzene rings is 1. The molecular weight excluding hydrogens is 535 g/mol. The number of morpholine rings is 1. The van der Waals surface area contributed by atoms with Crippen molar-refractivity contribution in [2.24, 2.45) is 4.99 Å². The summed E-state index contributed by atoms with van der Waals surface area (Å²) in [4.78, 5) is 10.2. The molecule has 184 valence electrons. The van der Waals surface area contributed by atoms with E-state index in [2.05, 4.69) is 34.2 Å². The number of aliphatic imine (C=N–C) groups is 1. The highest BCUT2D eigenvalue weighted by Crippen LogP contribution is 2.41. The van der Waals surface area contributed by atoms with Gasteiger partial charge in [0.05, 0.1) is 19.8 Å². The molecule has 1 aromatic carbocycles. The smallest absolute Gasteiger partial charge is 0.231 e. The average molecular weight is 572 g/mol. The summed E-state index contributed by atoms with van der Waals surface area (Å²) in [5.41, 5.74) is 1.24. The summed E-state index contributed by atoms with van der Waals surface area (Å²) in [7, 11) is 0. The third-order valence-electron chi connectivity index (χ3n) is 7.33. The number of nitrogens with zero attached hydrogens (tertiary/aromatic N) is 3. The van der Waals surface area contributed by atoms with E-state index in [-0.39, 0.29) is 29.4 Å². The van der Waals surface area contributed by atoms with E-state index in [4.69, 9.17) is 23.9 Å². The lowest BCUT2D eigenvalue weighted by Crippen LogP contribution is -2.47. The van der Waals surface area contributed by atoms with Gasteiger partial charge in [-0.25, -0.2) is 0 Å². The molecule has 0 radical (unpaired) electrons. The van der Waals surface area contributed by atoms with Crippen LogP contribution in [0.5, 0.6) is 11.5 Å². The largest absolute Gasteiger partial charge is 0.454 e. The molecule has 8 nitrogen and oxygen atoms in total. The van der Waals surface area contributed by atoms with Gasteiger partial charge in [0, 0.05) is 57.4 Å². The van der Waals surface area contributed by atoms with Gasteiger partial charge in [-0.15, -0.1) is 24.0 Å². The number of halogens is 1. The molecule has 33 heavy (non-hydrogen) atoms. The van der Waals surface area contributed by atoms with Crippen LogP contribution in [0.2, 0.25) is 0 Å². The van der Waals surface area contributed by atoms with Crippen LogP contribution in [-0.4, -0.2) is 94.3 Å². The molecule has 0 amide bonds. The number of nitrogens with one attached hydrogen (secondary N) is 1. The highest BCUT2D eigenvalue weighted by molar-refractivity contribution is 14.0. The summed E-state index contributed by atoms with van der Waals surface area (Å²) in [6.07, 6.45) is 3.11. The maximum Gasteiger partial charge on any atom is 0.231 e. The maximum atomic E-state index is 5.73. The van der Waals surface area contributed by atoms with Crippen molar-refractivity contribution in [3.8, 4) is 11.5 Å². The van der Waals surface area contributed by atoms with E-state index >= 15 is 0 Å². The molecule has 3 saturated heterocycles.